The molecule has 3 aromatic rings. The van der Waals surface area contributed by atoms with Crippen LogP contribution in [0.5, 0.6) is 0 Å². The first-order valence-corrected chi connectivity index (χ1v) is 11.0. The van der Waals surface area contributed by atoms with Gasteiger partial charge in [-0.05, 0) is 49.1 Å². The molecule has 1 fully saturated rings. The molecule has 1 atom stereocenters. The van der Waals surface area contributed by atoms with E-state index in [-0.39, 0.29) is 5.91 Å². The molecule has 4 rings (SSSR count). The zero-order chi connectivity index (χ0) is 20.2. The number of carbonyl (C=O) groups excluding carboxylic acids is 1. The molecule has 0 radical (unpaired) electrons. The fraction of sp³-hybridized carbons (Fsp3) is 0.318. The van der Waals surface area contributed by atoms with Crippen molar-refractivity contribution in [2.75, 3.05) is 24.5 Å². The maximum atomic E-state index is 12.4. The van der Waals surface area contributed by atoms with Crippen LogP contribution in [0.15, 0.2) is 48.1 Å². The van der Waals surface area contributed by atoms with Crippen molar-refractivity contribution in [2.45, 2.75) is 19.8 Å². The van der Waals surface area contributed by atoms with Crippen LogP contribution in [-0.4, -0.2) is 35.5 Å². The summed E-state index contributed by atoms with van der Waals surface area (Å²) in [5.41, 5.74) is 4.20. The first-order chi connectivity index (χ1) is 14.1. The van der Waals surface area contributed by atoms with Crippen LogP contribution in [0.25, 0.3) is 10.6 Å². The van der Waals surface area contributed by atoms with Gasteiger partial charge in [0.2, 0.25) is 5.91 Å². The number of aryl methyl sites for hydroxylation is 1. The van der Waals surface area contributed by atoms with Crippen molar-refractivity contribution in [2.24, 2.45) is 5.92 Å². The minimum absolute atomic E-state index is 0.0189. The summed E-state index contributed by atoms with van der Waals surface area (Å²) in [6, 6.07) is 9.87. The van der Waals surface area contributed by atoms with Crippen molar-refractivity contribution in [3.63, 3.8) is 0 Å². The Bertz CT molecular complexity index is 991. The van der Waals surface area contributed by atoms with Crippen molar-refractivity contribution in [3.05, 3.63) is 64.4 Å². The van der Waals surface area contributed by atoms with E-state index in [1.54, 1.807) is 12.4 Å². The van der Waals surface area contributed by atoms with Crippen molar-refractivity contribution in [1.29, 1.82) is 0 Å². The Hall–Kier alpha value is -2.44. The second-order valence-corrected chi connectivity index (χ2v) is 8.69. The summed E-state index contributed by atoms with van der Waals surface area (Å²) in [5, 5.41) is 6.68. The average Bonchev–Trinajstić information content (AvgIpc) is 3.39. The number of halogens is 1. The van der Waals surface area contributed by atoms with Gasteiger partial charge < -0.3 is 10.2 Å². The van der Waals surface area contributed by atoms with Crippen LogP contribution in [0.4, 0.5) is 5.69 Å². The zero-order valence-corrected chi connectivity index (χ0v) is 17.8. The van der Waals surface area contributed by atoms with E-state index in [1.165, 1.54) is 22.6 Å². The predicted molar refractivity (Wildman–Crippen MR) is 119 cm³/mol. The van der Waals surface area contributed by atoms with Gasteiger partial charge >= 0.3 is 0 Å². The van der Waals surface area contributed by atoms with Crippen LogP contribution in [-0.2, 0) is 11.2 Å². The fourth-order valence-corrected chi connectivity index (χ4v) is 4.61. The monoisotopic (exact) mass is 426 g/mol. The molecule has 1 aliphatic heterocycles. The van der Waals surface area contributed by atoms with Gasteiger partial charge in [0, 0.05) is 53.7 Å². The number of anilines is 1. The minimum atomic E-state index is 0.0189. The lowest BCUT2D eigenvalue weighted by Gasteiger charge is -2.21. The van der Waals surface area contributed by atoms with Gasteiger partial charge in [-0.1, -0.05) is 17.7 Å². The normalized spacial score (nSPS) is 16.2. The number of pyridine rings is 1. The number of hydrogen-bond donors (Lipinski definition) is 1. The standard InChI is InChI=1S/C22H23ClN4OS/c1-15-4-5-18(23)9-20(15)27-8-6-16(13-27)11-25-21(28)10-19-14-29-22(26-19)17-3-2-7-24-12-17/h2-5,7,9,12,14,16H,6,8,10-11,13H2,1H3,(H,25,28). The molecule has 3 heterocycles. The van der Waals surface area contributed by atoms with Crippen LogP contribution in [0.1, 0.15) is 17.7 Å². The lowest BCUT2D eigenvalue weighted by Crippen LogP contribution is -2.32. The van der Waals surface area contributed by atoms with Crippen LogP contribution >= 0.6 is 22.9 Å². The van der Waals surface area contributed by atoms with Gasteiger partial charge in [0.1, 0.15) is 5.01 Å². The lowest BCUT2D eigenvalue weighted by molar-refractivity contribution is -0.120. The highest BCUT2D eigenvalue weighted by atomic mass is 35.5. The zero-order valence-electron chi connectivity index (χ0n) is 16.3. The Morgan fingerprint density at radius 2 is 2.28 bits per heavy atom. The van der Waals surface area contributed by atoms with E-state index in [0.717, 1.165) is 40.8 Å². The van der Waals surface area contributed by atoms with Gasteiger partial charge in [-0.2, -0.15) is 0 Å². The minimum Gasteiger partial charge on any atom is -0.371 e. The number of nitrogens with zero attached hydrogens (tertiary/aromatic N) is 3. The van der Waals surface area contributed by atoms with Gasteiger partial charge in [0.15, 0.2) is 0 Å². The van der Waals surface area contributed by atoms with Gasteiger partial charge in [0.25, 0.3) is 0 Å². The topological polar surface area (TPSA) is 58.1 Å². The summed E-state index contributed by atoms with van der Waals surface area (Å²) in [4.78, 5) is 23.4. The van der Waals surface area contributed by atoms with Crippen molar-refractivity contribution in [1.82, 2.24) is 15.3 Å². The molecule has 2 aromatic heterocycles. The third-order valence-corrected chi connectivity index (χ3v) is 6.36. The molecular formula is C22H23ClN4OS. The van der Waals surface area contributed by atoms with Crippen molar-refractivity contribution >= 4 is 34.5 Å². The highest BCUT2D eigenvalue weighted by Crippen LogP contribution is 2.29. The van der Waals surface area contributed by atoms with E-state index in [0.29, 0.717) is 18.9 Å². The summed E-state index contributed by atoms with van der Waals surface area (Å²) in [7, 11) is 0. The molecule has 7 heteroatoms. The van der Waals surface area contributed by atoms with Gasteiger partial charge in [-0.15, -0.1) is 11.3 Å². The third kappa shape index (κ3) is 4.95. The number of rotatable bonds is 6. The SMILES string of the molecule is Cc1ccc(Cl)cc1N1CCC(CNC(=O)Cc2csc(-c3cccnc3)n2)C1. The molecule has 0 saturated carbocycles. The maximum Gasteiger partial charge on any atom is 0.226 e. The Labute approximate surface area is 179 Å². The summed E-state index contributed by atoms with van der Waals surface area (Å²) in [6.45, 7) is 4.72. The predicted octanol–water partition coefficient (Wildman–Crippen LogP) is 4.35. The quantitative estimate of drug-likeness (QED) is 0.636. The fourth-order valence-electron chi connectivity index (χ4n) is 3.64. The third-order valence-electron chi connectivity index (χ3n) is 5.19. The number of thiazole rings is 1. The van der Waals surface area contributed by atoms with Crippen LogP contribution in [0.2, 0.25) is 5.02 Å². The smallest absolute Gasteiger partial charge is 0.226 e. The van der Waals surface area contributed by atoms with Crippen LogP contribution in [0, 0.1) is 12.8 Å². The number of amides is 1. The van der Waals surface area contributed by atoms with E-state index in [2.05, 4.69) is 33.2 Å². The molecule has 5 nitrogen and oxygen atoms in total. The number of hydrogen-bond acceptors (Lipinski definition) is 5. The number of carbonyl (C=O) groups is 1. The Kier molecular flexibility index (Phi) is 6.11. The molecule has 1 N–H and O–H groups in total. The summed E-state index contributed by atoms with van der Waals surface area (Å²) in [6.07, 6.45) is 4.90. The van der Waals surface area contributed by atoms with E-state index < -0.39 is 0 Å². The maximum absolute atomic E-state index is 12.4. The van der Waals surface area contributed by atoms with Crippen molar-refractivity contribution < 1.29 is 4.79 Å². The molecular weight excluding hydrogens is 404 g/mol. The van der Waals surface area contributed by atoms with Gasteiger partial charge in [-0.25, -0.2) is 4.98 Å². The highest BCUT2D eigenvalue weighted by molar-refractivity contribution is 7.13. The van der Waals surface area contributed by atoms with E-state index in [9.17, 15) is 4.79 Å². The Balaban J connectivity index is 1.27. The van der Waals surface area contributed by atoms with Gasteiger partial charge in [-0.3, -0.25) is 9.78 Å². The molecule has 1 saturated heterocycles. The van der Waals surface area contributed by atoms with E-state index >= 15 is 0 Å². The molecule has 0 aliphatic carbocycles. The molecule has 0 bridgehead atoms. The molecule has 1 aliphatic rings. The Morgan fingerprint density at radius 1 is 1.38 bits per heavy atom. The Morgan fingerprint density at radius 3 is 3.10 bits per heavy atom. The summed E-state index contributed by atoms with van der Waals surface area (Å²) >= 11 is 7.70. The average molecular weight is 427 g/mol. The lowest BCUT2D eigenvalue weighted by atomic mass is 10.1. The molecule has 1 amide bonds. The molecule has 0 spiro atoms. The summed E-state index contributed by atoms with van der Waals surface area (Å²) in [5.74, 6) is 0.462. The molecule has 1 aromatic carbocycles. The number of aromatic nitrogens is 2. The first-order valence-electron chi connectivity index (χ1n) is 9.71. The van der Waals surface area contributed by atoms with E-state index in [4.69, 9.17) is 11.6 Å². The second-order valence-electron chi connectivity index (χ2n) is 7.40. The van der Waals surface area contributed by atoms with E-state index in [1.807, 2.05) is 29.6 Å². The molecule has 1 unspecified atom stereocenters. The number of nitrogens with one attached hydrogen (secondary N) is 1. The first kappa shape index (κ1) is 19.9. The molecule has 29 heavy (non-hydrogen) atoms. The number of benzene rings is 1. The highest BCUT2D eigenvalue weighted by Gasteiger charge is 2.24. The van der Waals surface area contributed by atoms with Crippen LogP contribution in [0.3, 0.4) is 0 Å². The van der Waals surface area contributed by atoms with Gasteiger partial charge in [0.05, 0.1) is 12.1 Å². The summed E-state index contributed by atoms with van der Waals surface area (Å²) < 4.78 is 0. The molecule has 150 valence electrons. The van der Waals surface area contributed by atoms with Crippen molar-refractivity contribution in [3.8, 4) is 10.6 Å². The largest absolute Gasteiger partial charge is 0.371 e. The van der Waals surface area contributed by atoms with Crippen LogP contribution < -0.4 is 10.2 Å². The second kappa shape index (κ2) is 8.93.